The van der Waals surface area contributed by atoms with Crippen LogP contribution in [0, 0.1) is 11.3 Å². The Bertz CT molecular complexity index is 724. The van der Waals surface area contributed by atoms with Crippen LogP contribution < -0.4 is 10.1 Å². The number of carbonyl (C=O) groups excluding carboxylic acids is 1. The fourth-order valence-corrected chi connectivity index (χ4v) is 2.01. The molecule has 4 nitrogen and oxygen atoms in total. The van der Waals surface area contributed by atoms with Crippen LogP contribution in [-0.2, 0) is 4.79 Å². The summed E-state index contributed by atoms with van der Waals surface area (Å²) in [5.74, 6) is 0.0115. The number of halogens is 2. The maximum atomic E-state index is 12.1. The van der Waals surface area contributed by atoms with Crippen LogP contribution in [-0.4, -0.2) is 12.0 Å². The van der Waals surface area contributed by atoms with E-state index in [0.717, 1.165) is 0 Å². The van der Waals surface area contributed by atoms with E-state index in [2.05, 4.69) is 5.32 Å². The molecule has 0 saturated carbocycles. The minimum Gasteiger partial charge on any atom is -0.479 e. The summed E-state index contributed by atoms with van der Waals surface area (Å²) < 4.78 is 5.52. The van der Waals surface area contributed by atoms with Crippen molar-refractivity contribution in [2.45, 2.75) is 13.0 Å². The molecule has 0 aliphatic rings. The molecule has 1 amide bonds. The molecule has 0 aliphatic heterocycles. The topological polar surface area (TPSA) is 62.1 Å². The third-order valence-corrected chi connectivity index (χ3v) is 3.40. The smallest absolute Gasteiger partial charge is 0.265 e. The molecule has 0 aromatic heterocycles. The van der Waals surface area contributed by atoms with Gasteiger partial charge in [-0.25, -0.2) is 0 Å². The van der Waals surface area contributed by atoms with Crippen LogP contribution in [0.1, 0.15) is 12.5 Å². The van der Waals surface area contributed by atoms with Crippen molar-refractivity contribution < 1.29 is 9.53 Å². The fraction of sp³-hybridized carbons (Fsp3) is 0.125. The summed E-state index contributed by atoms with van der Waals surface area (Å²) in [6, 6.07) is 13.3. The number of ether oxygens (including phenoxy) is 1. The van der Waals surface area contributed by atoms with E-state index < -0.39 is 6.10 Å². The maximum Gasteiger partial charge on any atom is 0.265 e. The minimum absolute atomic E-state index is 0.333. The molecule has 2 aromatic carbocycles. The van der Waals surface area contributed by atoms with E-state index in [1.54, 1.807) is 49.4 Å². The molecular formula is C16H12Cl2N2O2. The highest BCUT2D eigenvalue weighted by molar-refractivity contribution is 6.34. The molecule has 0 heterocycles. The third-order valence-electron chi connectivity index (χ3n) is 2.85. The molecule has 0 bridgehead atoms. The molecule has 0 unspecified atom stereocenters. The van der Waals surface area contributed by atoms with E-state index in [1.807, 2.05) is 6.07 Å². The molecule has 0 spiro atoms. The highest BCUT2D eigenvalue weighted by atomic mass is 35.5. The number of anilines is 1. The number of benzene rings is 2. The van der Waals surface area contributed by atoms with Crippen molar-refractivity contribution in [1.29, 1.82) is 5.26 Å². The molecule has 1 N–H and O–H groups in total. The van der Waals surface area contributed by atoms with Crippen LogP contribution >= 0.6 is 23.2 Å². The Morgan fingerprint density at radius 3 is 2.55 bits per heavy atom. The van der Waals surface area contributed by atoms with Gasteiger partial charge in [0.05, 0.1) is 16.7 Å². The van der Waals surface area contributed by atoms with E-state index in [4.69, 9.17) is 33.2 Å². The molecule has 0 aliphatic carbocycles. The number of nitrogens with one attached hydrogen (secondary N) is 1. The van der Waals surface area contributed by atoms with Gasteiger partial charge in [0, 0.05) is 16.8 Å². The number of hydrogen-bond acceptors (Lipinski definition) is 3. The zero-order valence-electron chi connectivity index (χ0n) is 11.6. The van der Waals surface area contributed by atoms with Gasteiger partial charge < -0.3 is 10.1 Å². The number of amides is 1. The summed E-state index contributed by atoms with van der Waals surface area (Å²) in [5.41, 5.74) is 1.10. The van der Waals surface area contributed by atoms with E-state index in [-0.39, 0.29) is 5.91 Å². The van der Waals surface area contributed by atoms with Crippen LogP contribution in [0.4, 0.5) is 5.69 Å². The van der Waals surface area contributed by atoms with Gasteiger partial charge in [-0.15, -0.1) is 0 Å². The molecule has 1 atom stereocenters. The van der Waals surface area contributed by atoms with E-state index in [9.17, 15) is 4.79 Å². The Labute approximate surface area is 138 Å². The maximum absolute atomic E-state index is 12.1. The Morgan fingerprint density at radius 2 is 1.91 bits per heavy atom. The lowest BCUT2D eigenvalue weighted by molar-refractivity contribution is -0.122. The van der Waals surface area contributed by atoms with Gasteiger partial charge >= 0.3 is 0 Å². The van der Waals surface area contributed by atoms with Gasteiger partial charge in [0.15, 0.2) is 6.10 Å². The van der Waals surface area contributed by atoms with Gasteiger partial charge in [-0.1, -0.05) is 23.2 Å². The van der Waals surface area contributed by atoms with Crippen molar-refractivity contribution in [2.24, 2.45) is 0 Å². The number of carbonyl (C=O) groups is 1. The summed E-state index contributed by atoms with van der Waals surface area (Å²) >= 11 is 11.9. The minimum atomic E-state index is -0.758. The quantitative estimate of drug-likeness (QED) is 0.907. The predicted molar refractivity (Wildman–Crippen MR) is 86.3 cm³/mol. The number of nitriles is 1. The molecule has 0 radical (unpaired) electrons. The summed E-state index contributed by atoms with van der Waals surface area (Å²) in [6.45, 7) is 1.61. The Hall–Kier alpha value is -2.22. The number of nitrogens with zero attached hydrogens (tertiary/aromatic N) is 1. The second-order valence-electron chi connectivity index (χ2n) is 4.51. The van der Waals surface area contributed by atoms with E-state index in [1.165, 1.54) is 0 Å². The first-order valence-electron chi connectivity index (χ1n) is 6.42. The summed E-state index contributed by atoms with van der Waals surface area (Å²) in [6.07, 6.45) is -0.758. The number of hydrogen-bond donors (Lipinski definition) is 1. The average Bonchev–Trinajstić information content (AvgIpc) is 2.51. The van der Waals surface area contributed by atoms with Gasteiger partial charge in [-0.3, -0.25) is 4.79 Å². The molecule has 22 heavy (non-hydrogen) atoms. The van der Waals surface area contributed by atoms with Gasteiger partial charge in [-0.2, -0.15) is 5.26 Å². The van der Waals surface area contributed by atoms with Crippen molar-refractivity contribution in [3.8, 4) is 11.8 Å². The Kier molecular flexibility index (Phi) is 5.26. The Balaban J connectivity index is 2.02. The standard InChI is InChI=1S/C16H12Cl2N2O2/c1-10(22-15-8-12(17)4-7-14(15)18)16(21)20-13-5-2-11(9-19)3-6-13/h2-8,10H,1H3,(H,20,21)/t10-/m1/s1. The zero-order chi connectivity index (χ0) is 16.1. The van der Waals surface area contributed by atoms with Crippen molar-refractivity contribution in [1.82, 2.24) is 0 Å². The SMILES string of the molecule is C[C@@H](Oc1cc(Cl)ccc1Cl)C(=O)Nc1ccc(C#N)cc1. The van der Waals surface area contributed by atoms with Gasteiger partial charge in [0.2, 0.25) is 0 Å². The fourth-order valence-electron chi connectivity index (χ4n) is 1.68. The average molecular weight is 335 g/mol. The lowest BCUT2D eigenvalue weighted by Crippen LogP contribution is -2.30. The van der Waals surface area contributed by atoms with Crippen molar-refractivity contribution in [3.63, 3.8) is 0 Å². The lowest BCUT2D eigenvalue weighted by Gasteiger charge is -2.16. The molecule has 2 aromatic rings. The van der Waals surface area contributed by atoms with Gasteiger partial charge in [0.1, 0.15) is 5.75 Å². The normalized spacial score (nSPS) is 11.4. The van der Waals surface area contributed by atoms with Gasteiger partial charge in [0.25, 0.3) is 5.91 Å². The first kappa shape index (κ1) is 16.2. The molecule has 0 fully saturated rings. The summed E-state index contributed by atoms with van der Waals surface area (Å²) in [5, 5.41) is 12.3. The summed E-state index contributed by atoms with van der Waals surface area (Å²) in [4.78, 5) is 12.1. The van der Waals surface area contributed by atoms with E-state index >= 15 is 0 Å². The highest BCUT2D eigenvalue weighted by Gasteiger charge is 2.16. The third kappa shape index (κ3) is 4.14. The molecule has 2 rings (SSSR count). The largest absolute Gasteiger partial charge is 0.479 e. The molecule has 0 saturated heterocycles. The van der Waals surface area contributed by atoms with Crippen LogP contribution in [0.3, 0.4) is 0 Å². The van der Waals surface area contributed by atoms with Crippen molar-refractivity contribution >= 4 is 34.8 Å². The van der Waals surface area contributed by atoms with Crippen LogP contribution in [0.25, 0.3) is 0 Å². The first-order chi connectivity index (χ1) is 10.5. The zero-order valence-corrected chi connectivity index (χ0v) is 13.2. The van der Waals surface area contributed by atoms with E-state index in [0.29, 0.717) is 27.0 Å². The monoisotopic (exact) mass is 334 g/mol. The van der Waals surface area contributed by atoms with Crippen LogP contribution in [0.2, 0.25) is 10.0 Å². The van der Waals surface area contributed by atoms with Crippen LogP contribution in [0.5, 0.6) is 5.75 Å². The second kappa shape index (κ2) is 7.17. The predicted octanol–water partition coefficient (Wildman–Crippen LogP) is 4.27. The number of rotatable bonds is 4. The van der Waals surface area contributed by atoms with Crippen molar-refractivity contribution in [2.75, 3.05) is 5.32 Å². The molecule has 6 heteroatoms. The van der Waals surface area contributed by atoms with Crippen LogP contribution in [0.15, 0.2) is 42.5 Å². The summed E-state index contributed by atoms with van der Waals surface area (Å²) in [7, 11) is 0. The lowest BCUT2D eigenvalue weighted by atomic mass is 10.2. The van der Waals surface area contributed by atoms with Gasteiger partial charge in [-0.05, 0) is 43.3 Å². The highest BCUT2D eigenvalue weighted by Crippen LogP contribution is 2.28. The first-order valence-corrected chi connectivity index (χ1v) is 7.18. The Morgan fingerprint density at radius 1 is 1.23 bits per heavy atom. The molecular weight excluding hydrogens is 323 g/mol. The van der Waals surface area contributed by atoms with Crippen molar-refractivity contribution in [3.05, 3.63) is 58.1 Å². The second-order valence-corrected chi connectivity index (χ2v) is 5.36. The molecule has 112 valence electrons.